The van der Waals surface area contributed by atoms with E-state index in [1.54, 1.807) is 12.4 Å². The summed E-state index contributed by atoms with van der Waals surface area (Å²) in [6.45, 7) is 2.13. The lowest BCUT2D eigenvalue weighted by Gasteiger charge is -2.42. The number of nitrogens with zero attached hydrogens (tertiary/aromatic N) is 1. The number of nitrogens with one attached hydrogen (secondary N) is 2. The maximum Gasteiger partial charge on any atom is 0.255 e. The fourth-order valence-corrected chi connectivity index (χ4v) is 2.27. The average molecular weight is 233 g/mol. The highest BCUT2D eigenvalue weighted by molar-refractivity contribution is 5.99. The van der Waals surface area contributed by atoms with Gasteiger partial charge in [-0.25, -0.2) is 0 Å². The van der Waals surface area contributed by atoms with Crippen LogP contribution in [0.5, 0.6) is 0 Å². The van der Waals surface area contributed by atoms with Crippen LogP contribution in [0.4, 0.5) is 5.69 Å². The van der Waals surface area contributed by atoms with Crippen molar-refractivity contribution in [2.45, 2.75) is 38.1 Å². The van der Waals surface area contributed by atoms with Gasteiger partial charge in [0.1, 0.15) is 0 Å². The molecule has 1 aliphatic carbocycles. The Labute approximate surface area is 102 Å². The van der Waals surface area contributed by atoms with E-state index in [9.17, 15) is 4.79 Å². The van der Waals surface area contributed by atoms with E-state index in [1.165, 1.54) is 6.42 Å². The van der Waals surface area contributed by atoms with E-state index < -0.39 is 0 Å². The van der Waals surface area contributed by atoms with Crippen molar-refractivity contribution in [3.05, 3.63) is 24.0 Å². The molecule has 0 saturated heterocycles. The van der Waals surface area contributed by atoms with Crippen LogP contribution in [0, 0.1) is 0 Å². The Morgan fingerprint density at radius 2 is 2.29 bits per heavy atom. The van der Waals surface area contributed by atoms with Crippen LogP contribution in [0.3, 0.4) is 0 Å². The summed E-state index contributed by atoms with van der Waals surface area (Å²) in [7, 11) is 1.81. The number of hydrogen-bond acceptors (Lipinski definition) is 3. The predicted molar refractivity (Wildman–Crippen MR) is 68.1 cm³/mol. The molecule has 4 heteroatoms. The fraction of sp³-hybridized carbons (Fsp3) is 0.538. The minimum Gasteiger partial charge on any atom is -0.387 e. The molecule has 1 aromatic rings. The zero-order chi connectivity index (χ0) is 12.3. The summed E-state index contributed by atoms with van der Waals surface area (Å²) in [5.74, 6) is -0.0241. The first-order chi connectivity index (χ1) is 8.21. The molecule has 0 atom stereocenters. The Hall–Kier alpha value is -1.58. The Morgan fingerprint density at radius 3 is 2.82 bits per heavy atom. The second-order valence-electron chi connectivity index (χ2n) is 4.61. The number of carbonyl (C=O) groups is 1. The highest BCUT2D eigenvalue weighted by Crippen LogP contribution is 2.35. The Kier molecular flexibility index (Phi) is 3.31. The monoisotopic (exact) mass is 233 g/mol. The molecule has 1 fully saturated rings. The first-order valence-electron chi connectivity index (χ1n) is 6.15. The molecule has 0 spiro atoms. The molecular weight excluding hydrogens is 214 g/mol. The number of carbonyl (C=O) groups excluding carboxylic acids is 1. The minimum absolute atomic E-state index is 0.0241. The Morgan fingerprint density at radius 1 is 1.53 bits per heavy atom. The molecule has 17 heavy (non-hydrogen) atoms. The number of amides is 1. The summed E-state index contributed by atoms with van der Waals surface area (Å²) in [6.07, 6.45) is 7.67. The molecule has 4 nitrogen and oxygen atoms in total. The highest BCUT2D eigenvalue weighted by atomic mass is 16.1. The van der Waals surface area contributed by atoms with Crippen LogP contribution >= 0.6 is 0 Å². The van der Waals surface area contributed by atoms with Gasteiger partial charge in [0.05, 0.1) is 5.56 Å². The molecule has 1 amide bonds. The van der Waals surface area contributed by atoms with Crippen molar-refractivity contribution < 1.29 is 4.79 Å². The Balaban J connectivity index is 2.14. The number of hydrogen-bond donors (Lipinski definition) is 2. The van der Waals surface area contributed by atoms with Gasteiger partial charge in [0.25, 0.3) is 5.91 Å². The SMILES string of the molecule is CCC1(NC(=O)c2cnccc2NC)CCC1. The van der Waals surface area contributed by atoms with Crippen molar-refractivity contribution in [2.24, 2.45) is 0 Å². The molecule has 2 rings (SSSR count). The number of aromatic nitrogens is 1. The lowest BCUT2D eigenvalue weighted by atomic mass is 9.74. The Bertz CT molecular complexity index is 407. The molecule has 0 bridgehead atoms. The van der Waals surface area contributed by atoms with Crippen molar-refractivity contribution in [1.29, 1.82) is 0 Å². The van der Waals surface area contributed by atoms with Gasteiger partial charge in [-0.1, -0.05) is 6.92 Å². The number of pyridine rings is 1. The lowest BCUT2D eigenvalue weighted by Crippen LogP contribution is -2.53. The zero-order valence-electron chi connectivity index (χ0n) is 10.4. The summed E-state index contributed by atoms with van der Waals surface area (Å²) in [5, 5.41) is 6.17. The van der Waals surface area contributed by atoms with Crippen LogP contribution in [0.1, 0.15) is 43.0 Å². The van der Waals surface area contributed by atoms with Crippen molar-refractivity contribution in [3.8, 4) is 0 Å². The van der Waals surface area contributed by atoms with E-state index in [0.29, 0.717) is 5.56 Å². The van der Waals surface area contributed by atoms with Gasteiger partial charge in [0.15, 0.2) is 0 Å². The maximum atomic E-state index is 12.2. The van der Waals surface area contributed by atoms with Crippen molar-refractivity contribution in [3.63, 3.8) is 0 Å². The lowest BCUT2D eigenvalue weighted by molar-refractivity contribution is 0.0821. The first kappa shape index (κ1) is 11.9. The largest absolute Gasteiger partial charge is 0.387 e. The third-order valence-electron chi connectivity index (χ3n) is 3.70. The molecule has 1 heterocycles. The van der Waals surface area contributed by atoms with Gasteiger partial charge in [0.2, 0.25) is 0 Å². The van der Waals surface area contributed by atoms with Gasteiger partial charge in [-0.3, -0.25) is 9.78 Å². The third kappa shape index (κ3) is 2.25. The molecule has 0 aromatic carbocycles. The van der Waals surface area contributed by atoms with E-state index in [-0.39, 0.29) is 11.4 Å². The van der Waals surface area contributed by atoms with Crippen LogP contribution < -0.4 is 10.6 Å². The second-order valence-corrected chi connectivity index (χ2v) is 4.61. The molecule has 0 aliphatic heterocycles. The molecule has 92 valence electrons. The third-order valence-corrected chi connectivity index (χ3v) is 3.70. The number of rotatable bonds is 4. The van der Waals surface area contributed by atoms with Gasteiger partial charge in [-0.2, -0.15) is 0 Å². The van der Waals surface area contributed by atoms with Crippen molar-refractivity contribution in [1.82, 2.24) is 10.3 Å². The molecular formula is C13H19N3O. The summed E-state index contributed by atoms with van der Waals surface area (Å²) >= 11 is 0. The molecule has 2 N–H and O–H groups in total. The van der Waals surface area contributed by atoms with E-state index in [2.05, 4.69) is 22.5 Å². The summed E-state index contributed by atoms with van der Waals surface area (Å²) in [5.41, 5.74) is 1.47. The zero-order valence-corrected chi connectivity index (χ0v) is 10.4. The molecule has 1 saturated carbocycles. The quantitative estimate of drug-likeness (QED) is 0.838. The summed E-state index contributed by atoms with van der Waals surface area (Å²) in [4.78, 5) is 16.2. The van der Waals surface area contributed by atoms with Crippen LogP contribution in [0.2, 0.25) is 0 Å². The normalized spacial score (nSPS) is 17.1. The van der Waals surface area contributed by atoms with Crippen LogP contribution in [0.15, 0.2) is 18.5 Å². The van der Waals surface area contributed by atoms with E-state index in [0.717, 1.165) is 24.9 Å². The van der Waals surface area contributed by atoms with Gasteiger partial charge in [-0.15, -0.1) is 0 Å². The first-order valence-corrected chi connectivity index (χ1v) is 6.15. The predicted octanol–water partition coefficient (Wildman–Crippen LogP) is 2.19. The van der Waals surface area contributed by atoms with Crippen molar-refractivity contribution in [2.75, 3.05) is 12.4 Å². The average Bonchev–Trinajstić information content (AvgIpc) is 2.33. The van der Waals surface area contributed by atoms with Gasteiger partial charge >= 0.3 is 0 Å². The summed E-state index contributed by atoms with van der Waals surface area (Å²) in [6, 6.07) is 1.81. The standard InChI is InChI=1S/C13H19N3O/c1-3-13(6-4-7-13)16-12(17)10-9-15-8-5-11(10)14-2/h5,8-9H,3-4,6-7H2,1-2H3,(H,14,15)(H,16,17). The van der Waals surface area contributed by atoms with Gasteiger partial charge in [0, 0.05) is 30.7 Å². The smallest absolute Gasteiger partial charge is 0.255 e. The maximum absolute atomic E-state index is 12.2. The van der Waals surface area contributed by atoms with Crippen molar-refractivity contribution >= 4 is 11.6 Å². The van der Waals surface area contributed by atoms with E-state index in [4.69, 9.17) is 0 Å². The molecule has 0 unspecified atom stereocenters. The van der Waals surface area contributed by atoms with Crippen LogP contribution in [0.25, 0.3) is 0 Å². The highest BCUT2D eigenvalue weighted by Gasteiger charge is 2.36. The van der Waals surface area contributed by atoms with Crippen LogP contribution in [-0.2, 0) is 0 Å². The van der Waals surface area contributed by atoms with Gasteiger partial charge < -0.3 is 10.6 Å². The molecule has 1 aliphatic rings. The van der Waals surface area contributed by atoms with E-state index >= 15 is 0 Å². The topological polar surface area (TPSA) is 54.0 Å². The molecule has 1 aromatic heterocycles. The van der Waals surface area contributed by atoms with E-state index in [1.807, 2.05) is 13.1 Å². The van der Waals surface area contributed by atoms with Gasteiger partial charge in [-0.05, 0) is 31.7 Å². The number of anilines is 1. The minimum atomic E-state index is -0.0241. The summed E-state index contributed by atoms with van der Waals surface area (Å²) < 4.78 is 0. The second kappa shape index (κ2) is 4.73. The van der Waals surface area contributed by atoms with Crippen LogP contribution in [-0.4, -0.2) is 23.5 Å². The fourth-order valence-electron chi connectivity index (χ4n) is 2.27. The molecule has 0 radical (unpaired) electrons.